The van der Waals surface area contributed by atoms with Crippen molar-refractivity contribution in [2.45, 2.75) is 6.92 Å². The zero-order valence-corrected chi connectivity index (χ0v) is 13.0. The average molecular weight is 381 g/mol. The summed E-state index contributed by atoms with van der Waals surface area (Å²) in [4.78, 5) is 16.8. The van der Waals surface area contributed by atoms with E-state index in [0.717, 1.165) is 14.7 Å². The van der Waals surface area contributed by atoms with Crippen molar-refractivity contribution >= 4 is 28.6 Å². The van der Waals surface area contributed by atoms with Gasteiger partial charge in [-0.15, -0.1) is 12.1 Å². The average Bonchev–Trinajstić information content (AvgIpc) is 2.45. The number of carbonyl (C=O) groups excluding carboxylic acids is 1. The van der Waals surface area contributed by atoms with Crippen LogP contribution in [-0.4, -0.2) is 5.97 Å². The maximum Gasteiger partial charge on any atom is 0.356 e. The molecule has 0 fully saturated rings. The van der Waals surface area contributed by atoms with Gasteiger partial charge in [-0.1, -0.05) is 11.6 Å². The number of nitrogens with one attached hydrogen (secondary N) is 1. The van der Waals surface area contributed by atoms with E-state index in [1.54, 1.807) is 18.2 Å². The highest BCUT2D eigenvalue weighted by Gasteiger charge is 2.08. The van der Waals surface area contributed by atoms with E-state index >= 15 is 0 Å². The molecule has 0 aliphatic carbocycles. The number of hydrogen-bond acceptors (Lipinski definition) is 4. The van der Waals surface area contributed by atoms with Crippen LogP contribution in [0.4, 0.5) is 0 Å². The highest BCUT2D eigenvalue weighted by Crippen LogP contribution is 2.11. The first-order chi connectivity index (χ1) is 9.56. The van der Waals surface area contributed by atoms with Crippen LogP contribution in [-0.2, 0) is 4.84 Å². The molecule has 104 valence electrons. The summed E-state index contributed by atoms with van der Waals surface area (Å²) < 4.78 is 0.965. The van der Waals surface area contributed by atoms with Crippen LogP contribution >= 0.6 is 22.6 Å². The molecule has 2 aromatic carbocycles. The second-order valence-corrected chi connectivity index (χ2v) is 5.53. The third-order valence-corrected chi connectivity index (χ3v) is 3.35. The Hall–Kier alpha value is -1.57. The van der Waals surface area contributed by atoms with Crippen LogP contribution in [0.1, 0.15) is 21.5 Å². The van der Waals surface area contributed by atoms with E-state index in [1.165, 1.54) is 0 Å². The molecule has 0 spiro atoms. The van der Waals surface area contributed by atoms with Crippen LogP contribution in [0.5, 0.6) is 0 Å². The van der Waals surface area contributed by atoms with Gasteiger partial charge in [0.25, 0.3) is 0 Å². The smallest absolute Gasteiger partial charge is 0.356 e. The summed E-state index contributed by atoms with van der Waals surface area (Å²) in [5.41, 5.74) is 10.7. The molecular weight excluding hydrogens is 367 g/mol. The van der Waals surface area contributed by atoms with Gasteiger partial charge in [0.05, 0.1) is 5.56 Å². The number of hydrogen-bond donors (Lipinski definition) is 2. The molecule has 4 nitrogen and oxygen atoms in total. The van der Waals surface area contributed by atoms with Crippen molar-refractivity contribution in [1.82, 2.24) is 5.48 Å². The third-order valence-electron chi connectivity index (χ3n) is 2.68. The Kier molecular flexibility index (Phi) is 4.99. The van der Waals surface area contributed by atoms with E-state index in [-0.39, 0.29) is 0 Å². The van der Waals surface area contributed by atoms with Crippen LogP contribution in [0.25, 0.3) is 0 Å². The lowest BCUT2D eigenvalue weighted by atomic mass is 10.1. The third kappa shape index (κ3) is 3.96. The summed E-state index contributed by atoms with van der Waals surface area (Å²) in [6, 6.07) is 14.7. The van der Waals surface area contributed by atoms with E-state index in [4.69, 9.17) is 10.6 Å². The normalized spacial score (nSPS) is 10.2. The van der Waals surface area contributed by atoms with Gasteiger partial charge in [-0.2, -0.15) is 23.2 Å². The molecule has 0 aliphatic heterocycles. The van der Waals surface area contributed by atoms with E-state index in [9.17, 15) is 4.79 Å². The Morgan fingerprint density at radius 3 is 2.60 bits per heavy atom. The van der Waals surface area contributed by atoms with Crippen LogP contribution in [0.3, 0.4) is 0 Å². The molecular formula is C15H14IN2O2-. The van der Waals surface area contributed by atoms with Gasteiger partial charge in [0.1, 0.15) is 0 Å². The second kappa shape index (κ2) is 6.74. The summed E-state index contributed by atoms with van der Waals surface area (Å²) in [6.07, 6.45) is 0.295. The van der Waals surface area contributed by atoms with E-state index in [2.05, 4.69) is 28.1 Å². The molecule has 0 aliphatic rings. The second-order valence-electron chi connectivity index (χ2n) is 4.28. The molecule has 0 unspecified atom stereocenters. The molecule has 2 aromatic rings. The Balaban J connectivity index is 1.94. The van der Waals surface area contributed by atoms with Gasteiger partial charge in [-0.3, -0.25) is 0 Å². The first kappa shape index (κ1) is 14.8. The fourth-order valence-electron chi connectivity index (χ4n) is 1.57. The molecule has 0 saturated heterocycles. The molecule has 20 heavy (non-hydrogen) atoms. The maximum atomic E-state index is 11.8. The van der Waals surface area contributed by atoms with Gasteiger partial charge in [0, 0.05) is 3.57 Å². The van der Waals surface area contributed by atoms with Crippen molar-refractivity contribution in [3.8, 4) is 0 Å². The molecule has 3 N–H and O–H groups in total. The number of hydroxylamine groups is 1. The van der Waals surface area contributed by atoms with E-state index < -0.39 is 5.97 Å². The summed E-state index contributed by atoms with van der Waals surface area (Å²) in [6.45, 7) is 1.99. The Labute approximate surface area is 131 Å². The van der Waals surface area contributed by atoms with E-state index in [0.29, 0.717) is 11.7 Å². The first-order valence-electron chi connectivity index (χ1n) is 5.98. The quantitative estimate of drug-likeness (QED) is 0.486. The van der Waals surface area contributed by atoms with Gasteiger partial charge in [-0.05, 0) is 53.9 Å². The molecule has 0 bridgehead atoms. The summed E-state index contributed by atoms with van der Waals surface area (Å²) in [5.74, 6) is -0.474. The summed E-state index contributed by atoms with van der Waals surface area (Å²) in [5, 5.41) is 0. The number of benzene rings is 2. The molecule has 0 amide bonds. The van der Waals surface area contributed by atoms with Crippen molar-refractivity contribution in [2.75, 3.05) is 0 Å². The van der Waals surface area contributed by atoms with Gasteiger partial charge in [-0.25, -0.2) is 4.79 Å². The van der Waals surface area contributed by atoms with Gasteiger partial charge < -0.3 is 10.6 Å². The van der Waals surface area contributed by atoms with Gasteiger partial charge in [0.2, 0.25) is 0 Å². The molecule has 0 aromatic heterocycles. The van der Waals surface area contributed by atoms with Crippen LogP contribution in [0.15, 0.2) is 48.5 Å². The molecule has 2 rings (SSSR count). The first-order valence-corrected chi connectivity index (χ1v) is 7.06. The zero-order valence-electron chi connectivity index (χ0n) is 10.9. The van der Waals surface area contributed by atoms with Crippen LogP contribution < -0.4 is 11.2 Å². The van der Waals surface area contributed by atoms with Crippen molar-refractivity contribution in [1.29, 1.82) is 0 Å². The lowest BCUT2D eigenvalue weighted by Crippen LogP contribution is -2.32. The minimum Gasteiger partial charge on any atom is -0.373 e. The number of aryl methyl sites for hydroxylation is 1. The lowest BCUT2D eigenvalue weighted by molar-refractivity contribution is 0.0280. The highest BCUT2D eigenvalue weighted by atomic mass is 127. The zero-order chi connectivity index (χ0) is 14.5. The van der Waals surface area contributed by atoms with Gasteiger partial charge in [0.15, 0.2) is 0 Å². The SMILES string of the molecule is Cc1ccc([C-](N)NOC(=O)c2cccc(I)c2)cc1. The Bertz CT molecular complexity index is 599. The molecule has 0 atom stereocenters. The van der Waals surface area contributed by atoms with Crippen LogP contribution in [0.2, 0.25) is 0 Å². The molecule has 0 radical (unpaired) electrons. The number of nitrogens with two attached hydrogens (primary N) is 1. The number of rotatable bonds is 4. The Morgan fingerprint density at radius 2 is 1.95 bits per heavy atom. The van der Waals surface area contributed by atoms with Crippen molar-refractivity contribution < 1.29 is 9.63 Å². The topological polar surface area (TPSA) is 64.3 Å². The predicted octanol–water partition coefficient (Wildman–Crippen LogP) is 2.76. The number of halogens is 1. The van der Waals surface area contributed by atoms with Crippen molar-refractivity contribution in [3.63, 3.8) is 0 Å². The molecule has 5 heteroatoms. The van der Waals surface area contributed by atoms with Crippen molar-refractivity contribution in [3.05, 3.63) is 75.0 Å². The van der Waals surface area contributed by atoms with Crippen molar-refractivity contribution in [2.24, 2.45) is 5.73 Å². The maximum absolute atomic E-state index is 11.8. The largest absolute Gasteiger partial charge is 0.373 e. The Morgan fingerprint density at radius 1 is 1.25 bits per heavy atom. The lowest BCUT2D eigenvalue weighted by Gasteiger charge is -2.21. The fraction of sp³-hybridized carbons (Fsp3) is 0.0667. The summed E-state index contributed by atoms with van der Waals surface area (Å²) >= 11 is 2.13. The monoisotopic (exact) mass is 381 g/mol. The predicted molar refractivity (Wildman–Crippen MR) is 85.4 cm³/mol. The fourth-order valence-corrected chi connectivity index (χ4v) is 2.11. The standard InChI is InChI=1S/C15H14IN2O2/c1-10-5-7-11(8-6-10)14(17)18-20-15(19)12-3-2-4-13(16)9-12/h2-9,18H,17H2,1H3/q-1. The summed E-state index contributed by atoms with van der Waals surface area (Å²) in [7, 11) is 0. The minimum absolute atomic E-state index is 0.295. The van der Waals surface area contributed by atoms with E-state index in [1.807, 2.05) is 37.3 Å². The van der Waals surface area contributed by atoms with Crippen LogP contribution in [0, 0.1) is 16.7 Å². The molecule has 0 saturated carbocycles. The number of carbonyl (C=O) groups is 1. The van der Waals surface area contributed by atoms with Gasteiger partial charge >= 0.3 is 5.97 Å². The minimum atomic E-state index is -0.474. The molecule has 0 heterocycles. The highest BCUT2D eigenvalue weighted by molar-refractivity contribution is 14.1.